The zero-order chi connectivity index (χ0) is 28.2. The van der Waals surface area contributed by atoms with Gasteiger partial charge in [0.15, 0.2) is 5.82 Å². The Bertz CT molecular complexity index is 1210. The van der Waals surface area contributed by atoms with E-state index in [1.807, 2.05) is 6.07 Å². The fourth-order valence-electron chi connectivity index (χ4n) is 6.17. The predicted molar refractivity (Wildman–Crippen MR) is 158 cm³/mol. The monoisotopic (exact) mass is 549 g/mol. The lowest BCUT2D eigenvalue weighted by Crippen LogP contribution is -2.45. The Morgan fingerprint density at radius 1 is 1.12 bits per heavy atom. The van der Waals surface area contributed by atoms with Crippen molar-refractivity contribution in [3.63, 3.8) is 0 Å². The number of ether oxygens (including phenoxy) is 1. The number of likely N-dealkylation sites (tertiary alicyclic amines) is 1. The number of benzene rings is 1. The predicted octanol–water partition coefficient (Wildman–Crippen LogP) is 4.19. The number of hydrogen-bond donors (Lipinski definition) is 2. The van der Waals surface area contributed by atoms with Gasteiger partial charge in [-0.25, -0.2) is 4.98 Å². The van der Waals surface area contributed by atoms with Gasteiger partial charge in [0.2, 0.25) is 11.9 Å². The summed E-state index contributed by atoms with van der Waals surface area (Å²) in [5.74, 6) is 2.38. The Hall–Kier alpha value is -3.40. The average molecular weight is 550 g/mol. The van der Waals surface area contributed by atoms with Gasteiger partial charge in [-0.1, -0.05) is 26.7 Å². The van der Waals surface area contributed by atoms with Crippen LogP contribution in [0.1, 0.15) is 69.2 Å². The molecule has 10 heteroatoms. The number of aromatic nitrogens is 2. The number of rotatable bonds is 8. The van der Waals surface area contributed by atoms with Crippen LogP contribution in [-0.2, 0) is 4.79 Å². The molecule has 0 unspecified atom stereocenters. The highest BCUT2D eigenvalue weighted by Crippen LogP contribution is 2.37. The quantitative estimate of drug-likeness (QED) is 0.505. The van der Waals surface area contributed by atoms with Crippen LogP contribution in [0, 0.1) is 5.92 Å². The van der Waals surface area contributed by atoms with Crippen molar-refractivity contribution in [3.8, 4) is 5.75 Å². The lowest BCUT2D eigenvalue weighted by Gasteiger charge is -2.33. The lowest BCUT2D eigenvalue weighted by molar-refractivity contribution is -0.118. The molecule has 216 valence electrons. The van der Waals surface area contributed by atoms with E-state index in [-0.39, 0.29) is 17.9 Å². The van der Waals surface area contributed by atoms with Crippen molar-refractivity contribution >= 4 is 35.0 Å². The molecule has 1 aliphatic carbocycles. The summed E-state index contributed by atoms with van der Waals surface area (Å²) in [5.41, 5.74) is 1.96. The highest BCUT2D eigenvalue weighted by Gasteiger charge is 2.32. The molecule has 2 fully saturated rings. The Kier molecular flexibility index (Phi) is 8.73. The van der Waals surface area contributed by atoms with Crippen molar-refractivity contribution in [3.05, 3.63) is 30.0 Å². The number of hydrogen-bond acceptors (Lipinski definition) is 8. The number of anilines is 4. The minimum absolute atomic E-state index is 0.0719. The van der Waals surface area contributed by atoms with Crippen LogP contribution in [0.15, 0.2) is 24.4 Å². The first kappa shape index (κ1) is 28.1. The molecule has 2 amide bonds. The summed E-state index contributed by atoms with van der Waals surface area (Å²) < 4.78 is 5.65. The summed E-state index contributed by atoms with van der Waals surface area (Å²) in [6, 6.07) is 5.95. The Morgan fingerprint density at radius 3 is 2.58 bits per heavy atom. The lowest BCUT2D eigenvalue weighted by atomic mass is 10.0. The highest BCUT2D eigenvalue weighted by atomic mass is 16.5. The molecular formula is C30H43N7O3. The maximum atomic E-state index is 13.1. The standard InChI is InChI=1S/C30H43N7O3/c1-20(2)19-36-14-11-22(12-15-36)32-29(39)21-9-10-24(26(17-21)40-4)33-30-31-18-25-28(34-30)37(23-7-5-6-8-23)16-13-27(38)35(25)3/h9-10,17-18,20,22-23H,5-8,11-16,19H2,1-4H3,(H,32,39)(H,31,33,34). The second-order valence-electron chi connectivity index (χ2n) is 11.7. The van der Waals surface area contributed by atoms with Crippen LogP contribution >= 0.6 is 0 Å². The largest absolute Gasteiger partial charge is 0.495 e. The molecule has 3 heterocycles. The molecule has 0 spiro atoms. The van der Waals surface area contributed by atoms with Crippen LogP contribution in [0.2, 0.25) is 0 Å². The van der Waals surface area contributed by atoms with Gasteiger partial charge in [-0.3, -0.25) is 9.59 Å². The number of methoxy groups -OCH3 is 1. The second-order valence-corrected chi connectivity index (χ2v) is 11.7. The molecule has 40 heavy (non-hydrogen) atoms. The van der Waals surface area contributed by atoms with Crippen LogP contribution < -0.4 is 25.2 Å². The van der Waals surface area contributed by atoms with Gasteiger partial charge in [0.25, 0.3) is 5.91 Å². The van der Waals surface area contributed by atoms with E-state index in [0.717, 1.165) is 56.8 Å². The van der Waals surface area contributed by atoms with E-state index in [9.17, 15) is 9.59 Å². The van der Waals surface area contributed by atoms with Crippen LogP contribution in [0.25, 0.3) is 0 Å². The summed E-state index contributed by atoms with van der Waals surface area (Å²) in [5, 5.41) is 6.49. The van der Waals surface area contributed by atoms with Gasteiger partial charge in [-0.05, 0) is 49.8 Å². The molecule has 1 aromatic heterocycles. The molecule has 1 saturated carbocycles. The number of fused-ring (bicyclic) bond motifs is 1. The molecule has 10 nitrogen and oxygen atoms in total. The summed E-state index contributed by atoms with van der Waals surface area (Å²) in [6.07, 6.45) is 8.72. The van der Waals surface area contributed by atoms with E-state index >= 15 is 0 Å². The third-order valence-corrected chi connectivity index (χ3v) is 8.35. The van der Waals surface area contributed by atoms with Crippen LogP contribution in [-0.4, -0.2) is 79.1 Å². The molecule has 1 aromatic carbocycles. The SMILES string of the molecule is COc1cc(C(=O)NC2CCN(CC(C)C)CC2)ccc1Nc1ncc2c(n1)N(C1CCCC1)CCC(=O)N2C. The Morgan fingerprint density at radius 2 is 1.88 bits per heavy atom. The van der Waals surface area contributed by atoms with Gasteiger partial charge in [0.1, 0.15) is 11.4 Å². The molecule has 2 aromatic rings. The van der Waals surface area contributed by atoms with Gasteiger partial charge in [-0.2, -0.15) is 4.98 Å². The Balaban J connectivity index is 1.29. The molecular weight excluding hydrogens is 506 g/mol. The number of carbonyl (C=O) groups excluding carboxylic acids is 2. The zero-order valence-electron chi connectivity index (χ0n) is 24.3. The van der Waals surface area contributed by atoms with E-state index in [2.05, 4.69) is 39.3 Å². The highest BCUT2D eigenvalue weighted by molar-refractivity contribution is 5.97. The minimum atomic E-state index is -0.0895. The third-order valence-electron chi connectivity index (χ3n) is 8.35. The van der Waals surface area contributed by atoms with Crippen molar-refractivity contribution in [1.82, 2.24) is 20.2 Å². The molecule has 5 rings (SSSR count). The van der Waals surface area contributed by atoms with Gasteiger partial charge >= 0.3 is 0 Å². The first-order chi connectivity index (χ1) is 19.3. The maximum Gasteiger partial charge on any atom is 0.251 e. The maximum absolute atomic E-state index is 13.1. The van der Waals surface area contributed by atoms with Crippen molar-refractivity contribution in [2.24, 2.45) is 5.92 Å². The van der Waals surface area contributed by atoms with Crippen molar-refractivity contribution in [2.75, 3.05) is 55.5 Å². The number of nitrogens with one attached hydrogen (secondary N) is 2. The summed E-state index contributed by atoms with van der Waals surface area (Å²) >= 11 is 0. The summed E-state index contributed by atoms with van der Waals surface area (Å²) in [4.78, 5) is 41.5. The van der Waals surface area contributed by atoms with Crippen LogP contribution in [0.5, 0.6) is 5.75 Å². The molecule has 0 radical (unpaired) electrons. The van der Waals surface area contributed by atoms with Crippen molar-refractivity contribution < 1.29 is 14.3 Å². The molecule has 0 bridgehead atoms. The molecule has 0 atom stereocenters. The zero-order valence-corrected chi connectivity index (χ0v) is 24.3. The number of nitrogens with zero attached hydrogens (tertiary/aromatic N) is 5. The van der Waals surface area contributed by atoms with E-state index in [4.69, 9.17) is 9.72 Å². The first-order valence-electron chi connectivity index (χ1n) is 14.7. The topological polar surface area (TPSA) is 103 Å². The fourth-order valence-corrected chi connectivity index (χ4v) is 6.17. The molecule has 1 saturated heterocycles. The van der Waals surface area contributed by atoms with Gasteiger partial charge in [-0.15, -0.1) is 0 Å². The van der Waals surface area contributed by atoms with E-state index < -0.39 is 0 Å². The van der Waals surface area contributed by atoms with E-state index in [1.54, 1.807) is 37.4 Å². The third kappa shape index (κ3) is 6.32. The van der Waals surface area contributed by atoms with Crippen LogP contribution in [0.3, 0.4) is 0 Å². The molecule has 3 aliphatic rings. The fraction of sp³-hybridized carbons (Fsp3) is 0.600. The second kappa shape index (κ2) is 12.4. The Labute approximate surface area is 237 Å². The average Bonchev–Trinajstić information content (AvgIpc) is 3.45. The van der Waals surface area contributed by atoms with Crippen molar-refractivity contribution in [2.45, 2.75) is 70.9 Å². The molecule has 2 N–H and O–H groups in total. The number of piperidine rings is 1. The first-order valence-corrected chi connectivity index (χ1v) is 14.7. The van der Waals surface area contributed by atoms with E-state index in [1.165, 1.54) is 12.8 Å². The van der Waals surface area contributed by atoms with Gasteiger partial charge in [0.05, 0.1) is 19.0 Å². The summed E-state index contributed by atoms with van der Waals surface area (Å²) in [7, 11) is 3.38. The molecule has 2 aliphatic heterocycles. The van der Waals surface area contributed by atoms with Crippen LogP contribution in [0.4, 0.5) is 23.1 Å². The normalized spacial score (nSPS) is 19.1. The van der Waals surface area contributed by atoms with E-state index in [0.29, 0.717) is 47.9 Å². The number of amides is 2. The minimum Gasteiger partial charge on any atom is -0.495 e. The smallest absolute Gasteiger partial charge is 0.251 e. The number of carbonyl (C=O) groups is 2. The van der Waals surface area contributed by atoms with Gasteiger partial charge in [0, 0.05) is 57.3 Å². The summed E-state index contributed by atoms with van der Waals surface area (Å²) in [6.45, 7) is 8.26. The van der Waals surface area contributed by atoms with Crippen molar-refractivity contribution in [1.29, 1.82) is 0 Å². The van der Waals surface area contributed by atoms with Gasteiger partial charge < -0.3 is 30.1 Å².